The van der Waals surface area contributed by atoms with Crippen LogP contribution in [0.2, 0.25) is 10.3 Å². The third kappa shape index (κ3) is 12.7. The maximum absolute atomic E-state index is 12.2. The van der Waals surface area contributed by atoms with E-state index in [9.17, 15) is 14.7 Å². The van der Waals surface area contributed by atoms with E-state index >= 15 is 0 Å². The molecule has 0 saturated carbocycles. The summed E-state index contributed by atoms with van der Waals surface area (Å²) < 4.78 is 27.3. The van der Waals surface area contributed by atoms with Gasteiger partial charge in [0.15, 0.2) is 11.5 Å². The van der Waals surface area contributed by atoms with Crippen LogP contribution in [0.5, 0.6) is 17.2 Å². The minimum atomic E-state index is -0.494. The Morgan fingerprint density at radius 3 is 1.58 bits per heavy atom. The summed E-state index contributed by atoms with van der Waals surface area (Å²) in [6.07, 6.45) is 4.71. The van der Waals surface area contributed by atoms with Gasteiger partial charge in [0.05, 0.1) is 37.0 Å². The van der Waals surface area contributed by atoms with Gasteiger partial charge in [0.2, 0.25) is 0 Å². The number of aliphatic hydroxyl groups excluding tert-OH is 1. The zero-order valence-electron chi connectivity index (χ0n) is 32.6. The van der Waals surface area contributed by atoms with Gasteiger partial charge < -0.3 is 44.3 Å². The lowest BCUT2D eigenvalue weighted by Crippen LogP contribution is -2.44. The summed E-state index contributed by atoms with van der Waals surface area (Å²) >= 11 is 12.0. The number of fused-ring (bicyclic) bond motifs is 2. The van der Waals surface area contributed by atoms with E-state index in [0.717, 1.165) is 5.39 Å². The van der Waals surface area contributed by atoms with Crippen molar-refractivity contribution >= 4 is 62.9 Å². The maximum Gasteiger partial charge on any atom is 0.410 e. The van der Waals surface area contributed by atoms with Crippen LogP contribution in [0.3, 0.4) is 0 Å². The number of nitrogens with zero attached hydrogens (tertiary/aromatic N) is 6. The van der Waals surface area contributed by atoms with Gasteiger partial charge in [0.1, 0.15) is 46.0 Å². The van der Waals surface area contributed by atoms with Crippen LogP contribution in [-0.4, -0.2) is 111 Å². The van der Waals surface area contributed by atoms with Crippen molar-refractivity contribution in [2.24, 2.45) is 0 Å². The van der Waals surface area contributed by atoms with Crippen molar-refractivity contribution in [2.75, 3.05) is 46.1 Å². The number of likely N-dealkylation sites (tertiary alicyclic amines) is 2. The zero-order chi connectivity index (χ0) is 40.5. The second-order valence-corrected chi connectivity index (χ2v) is 15.7. The van der Waals surface area contributed by atoms with Gasteiger partial charge in [-0.15, -0.1) is 0 Å². The number of halogens is 2. The summed E-state index contributed by atoms with van der Waals surface area (Å²) in [4.78, 5) is 43.2. The highest BCUT2D eigenvalue weighted by atomic mass is 35.5. The number of anilines is 1. The number of carbonyl (C=O) groups is 2. The molecular formula is C38H51Cl2N7O8. The molecule has 2 amide bonds. The van der Waals surface area contributed by atoms with Crippen molar-refractivity contribution in [3.05, 3.63) is 47.2 Å². The van der Waals surface area contributed by atoms with Gasteiger partial charge in [-0.05, 0) is 72.6 Å². The van der Waals surface area contributed by atoms with Crippen LogP contribution >= 0.6 is 23.2 Å². The quantitative estimate of drug-likeness (QED) is 0.155. The summed E-state index contributed by atoms with van der Waals surface area (Å²) in [7, 11) is 3.13. The molecular weight excluding hydrogens is 753 g/mol. The number of aromatic nitrogens is 4. The molecule has 300 valence electrons. The van der Waals surface area contributed by atoms with E-state index in [0.29, 0.717) is 102 Å². The number of rotatable bonds is 4. The number of amides is 2. The Balaban J connectivity index is 0.000000202. The topological polar surface area (TPSA) is 185 Å². The van der Waals surface area contributed by atoms with E-state index in [-0.39, 0.29) is 24.4 Å². The molecule has 2 fully saturated rings. The molecule has 0 atom stereocenters. The smallest absolute Gasteiger partial charge is 0.410 e. The van der Waals surface area contributed by atoms with Gasteiger partial charge in [0, 0.05) is 55.9 Å². The van der Waals surface area contributed by atoms with Gasteiger partial charge in [-0.2, -0.15) is 0 Å². The standard InChI is InChI=1S/C19H24ClN3O4.C10H19NO3.C9H8ClN3O/c1-19(2,3)27-18(24)23-7-5-12(6-8-23)26-16-10-14-13(9-15(16)25-4)17(20)22-11-21-14;1-10(2,3)14-9(13)11-6-4-8(12)5-7-11;1-14-8-2-5-7(3-6(8)11)12-4-13-9(5)10/h9-12H,5-8H2,1-4H3;8,12H,4-7H2,1-3H3;2-4H,11H2,1H3. The Morgan fingerprint density at radius 2 is 1.13 bits per heavy atom. The number of piperidine rings is 2. The Labute approximate surface area is 331 Å². The average Bonchev–Trinajstić information content (AvgIpc) is 3.11. The second-order valence-electron chi connectivity index (χ2n) is 14.9. The van der Waals surface area contributed by atoms with Crippen LogP contribution in [-0.2, 0) is 9.47 Å². The number of aliphatic hydroxyl groups is 1. The molecule has 0 aliphatic carbocycles. The molecule has 0 radical (unpaired) electrons. The van der Waals surface area contributed by atoms with Crippen LogP contribution in [0.1, 0.15) is 67.2 Å². The SMILES string of the molecule is CC(C)(C)OC(=O)N1CCC(O)CC1.COc1cc2c(Cl)ncnc2cc1N.COc1cc2c(Cl)ncnc2cc1OC1CCN(C(=O)OC(C)(C)C)CC1. The molecule has 0 spiro atoms. The summed E-state index contributed by atoms with van der Waals surface area (Å²) in [5.74, 6) is 1.76. The van der Waals surface area contributed by atoms with Crippen molar-refractivity contribution in [3.8, 4) is 17.2 Å². The number of ether oxygens (including phenoxy) is 5. The lowest BCUT2D eigenvalue weighted by Gasteiger charge is -2.33. The first-order chi connectivity index (χ1) is 25.9. The van der Waals surface area contributed by atoms with E-state index < -0.39 is 11.2 Å². The Bertz CT molecular complexity index is 1920. The minimum Gasteiger partial charge on any atom is -0.495 e. The largest absolute Gasteiger partial charge is 0.495 e. The highest BCUT2D eigenvalue weighted by Gasteiger charge is 2.29. The van der Waals surface area contributed by atoms with Gasteiger partial charge >= 0.3 is 12.2 Å². The number of carbonyl (C=O) groups excluding carboxylic acids is 2. The van der Waals surface area contributed by atoms with Crippen molar-refractivity contribution < 1.29 is 38.4 Å². The van der Waals surface area contributed by atoms with Crippen molar-refractivity contribution in [3.63, 3.8) is 0 Å². The fraction of sp³-hybridized carbons (Fsp3) is 0.526. The van der Waals surface area contributed by atoms with E-state index in [2.05, 4.69) is 19.9 Å². The first-order valence-electron chi connectivity index (χ1n) is 17.9. The molecule has 17 heteroatoms. The number of hydrogen-bond acceptors (Lipinski definition) is 13. The average molecular weight is 805 g/mol. The van der Waals surface area contributed by atoms with Crippen LogP contribution in [0.25, 0.3) is 21.8 Å². The molecule has 2 saturated heterocycles. The second kappa shape index (κ2) is 18.8. The van der Waals surface area contributed by atoms with Gasteiger partial charge in [0.25, 0.3) is 0 Å². The Hall–Kier alpha value is -4.60. The van der Waals surface area contributed by atoms with Crippen LogP contribution < -0.4 is 19.9 Å². The molecule has 2 aromatic carbocycles. The third-order valence-electron chi connectivity index (χ3n) is 8.31. The van der Waals surface area contributed by atoms with Gasteiger partial charge in [-0.1, -0.05) is 23.2 Å². The third-order valence-corrected chi connectivity index (χ3v) is 8.92. The highest BCUT2D eigenvalue weighted by Crippen LogP contribution is 2.35. The molecule has 4 aromatic rings. The van der Waals surface area contributed by atoms with Crippen LogP contribution in [0.4, 0.5) is 15.3 Å². The summed E-state index contributed by atoms with van der Waals surface area (Å²) in [5, 5.41) is 11.5. The number of benzene rings is 2. The molecule has 2 aliphatic rings. The zero-order valence-corrected chi connectivity index (χ0v) is 34.1. The number of nitrogens with two attached hydrogens (primary N) is 1. The molecule has 0 unspecified atom stereocenters. The maximum atomic E-state index is 12.2. The van der Waals surface area contributed by atoms with Crippen molar-refractivity contribution in [1.29, 1.82) is 0 Å². The molecule has 2 aromatic heterocycles. The summed E-state index contributed by atoms with van der Waals surface area (Å²) in [5.41, 5.74) is 6.73. The van der Waals surface area contributed by atoms with Gasteiger partial charge in [-0.25, -0.2) is 29.5 Å². The number of hydrogen-bond donors (Lipinski definition) is 2. The van der Waals surface area contributed by atoms with E-state index in [1.165, 1.54) is 12.7 Å². The van der Waals surface area contributed by atoms with Crippen LogP contribution in [0, 0.1) is 0 Å². The van der Waals surface area contributed by atoms with Gasteiger partial charge in [-0.3, -0.25) is 0 Å². The van der Waals surface area contributed by atoms with Crippen molar-refractivity contribution in [2.45, 2.75) is 90.6 Å². The Morgan fingerprint density at radius 1 is 0.691 bits per heavy atom. The van der Waals surface area contributed by atoms with E-state index in [1.807, 2.05) is 47.6 Å². The fourth-order valence-electron chi connectivity index (χ4n) is 5.57. The van der Waals surface area contributed by atoms with E-state index in [4.69, 9.17) is 52.6 Å². The number of methoxy groups -OCH3 is 2. The normalized spacial score (nSPS) is 15.3. The summed E-state index contributed by atoms with van der Waals surface area (Å²) in [6.45, 7) is 13.5. The lowest BCUT2D eigenvalue weighted by atomic mass is 10.1. The fourth-order valence-corrected chi connectivity index (χ4v) is 5.96. The molecule has 55 heavy (non-hydrogen) atoms. The predicted molar refractivity (Wildman–Crippen MR) is 211 cm³/mol. The Kier molecular flexibility index (Phi) is 14.8. The lowest BCUT2D eigenvalue weighted by molar-refractivity contribution is 0.00957. The first kappa shape index (κ1) is 43.1. The molecule has 4 heterocycles. The minimum absolute atomic E-state index is 0.0210. The molecule has 6 rings (SSSR count). The highest BCUT2D eigenvalue weighted by molar-refractivity contribution is 6.34. The number of nitrogen functional groups attached to an aromatic ring is 1. The molecule has 0 bridgehead atoms. The predicted octanol–water partition coefficient (Wildman–Crippen LogP) is 7.32. The first-order valence-corrected chi connectivity index (χ1v) is 18.7. The van der Waals surface area contributed by atoms with E-state index in [1.54, 1.807) is 42.2 Å². The summed E-state index contributed by atoms with van der Waals surface area (Å²) in [6, 6.07) is 7.03. The van der Waals surface area contributed by atoms with Crippen LogP contribution in [0.15, 0.2) is 36.9 Å². The van der Waals surface area contributed by atoms with Crippen molar-refractivity contribution in [1.82, 2.24) is 29.7 Å². The molecule has 15 nitrogen and oxygen atoms in total. The molecule has 2 aliphatic heterocycles. The molecule has 3 N–H and O–H groups in total. The monoisotopic (exact) mass is 803 g/mol.